The van der Waals surface area contributed by atoms with Crippen molar-refractivity contribution in [1.29, 1.82) is 0 Å². The number of nitrogens with one attached hydrogen (secondary N) is 1. The number of pyridine rings is 1. The molecular weight excluding hydrogens is 358 g/mol. The quantitative estimate of drug-likeness (QED) is 0.850. The normalized spacial score (nSPS) is 16.3. The highest BCUT2D eigenvalue weighted by atomic mass is 32.2. The van der Waals surface area contributed by atoms with Crippen LogP contribution in [0, 0.1) is 0 Å². The van der Waals surface area contributed by atoms with Gasteiger partial charge >= 0.3 is 6.09 Å². The van der Waals surface area contributed by atoms with Crippen LogP contribution in [0.25, 0.3) is 6.08 Å². The number of rotatable bonds is 4. The highest BCUT2D eigenvalue weighted by Gasteiger charge is 2.34. The summed E-state index contributed by atoms with van der Waals surface area (Å²) < 4.78 is 33.1. The zero-order valence-electron chi connectivity index (χ0n) is 13.9. The molecular formula is C17H17N3O5S. The number of sulfonamides is 1. The fraction of sp³-hybridized carbons (Fsp3) is 0.176. The van der Waals surface area contributed by atoms with Gasteiger partial charge in [0.1, 0.15) is 11.8 Å². The van der Waals surface area contributed by atoms with Gasteiger partial charge in [0.15, 0.2) is 0 Å². The summed E-state index contributed by atoms with van der Waals surface area (Å²) >= 11 is 0. The first kappa shape index (κ1) is 17.7. The highest BCUT2D eigenvalue weighted by molar-refractivity contribution is 7.92. The standard InChI is InChI=1S/C17H17N3O5S/c1-3-12-5-4-6-14(7-12)26(23,24)20-10-11(2)25-16-15(20)8-13(9-18-16)19-17(21)22/h3-9,11,19H,1,10H2,2H3,(H,21,22). The van der Waals surface area contributed by atoms with Crippen molar-refractivity contribution in [2.45, 2.75) is 17.9 Å². The van der Waals surface area contributed by atoms with Crippen molar-refractivity contribution in [2.24, 2.45) is 0 Å². The molecule has 1 amide bonds. The summed E-state index contributed by atoms with van der Waals surface area (Å²) in [6.45, 7) is 5.46. The van der Waals surface area contributed by atoms with Gasteiger partial charge in [0.05, 0.1) is 23.3 Å². The van der Waals surface area contributed by atoms with Gasteiger partial charge in [0, 0.05) is 0 Å². The summed E-state index contributed by atoms with van der Waals surface area (Å²) in [5, 5.41) is 11.0. The molecule has 0 bridgehead atoms. The van der Waals surface area contributed by atoms with E-state index in [4.69, 9.17) is 9.84 Å². The van der Waals surface area contributed by atoms with Crippen LogP contribution < -0.4 is 14.4 Å². The number of nitrogens with zero attached hydrogens (tertiary/aromatic N) is 2. The molecule has 0 saturated carbocycles. The van der Waals surface area contributed by atoms with Crippen LogP contribution in [0.5, 0.6) is 5.88 Å². The zero-order valence-corrected chi connectivity index (χ0v) is 14.7. The Balaban J connectivity index is 2.10. The lowest BCUT2D eigenvalue weighted by Gasteiger charge is -2.33. The molecule has 0 fully saturated rings. The minimum atomic E-state index is -3.90. The second-order valence-corrected chi connectivity index (χ2v) is 7.58. The van der Waals surface area contributed by atoms with Crippen LogP contribution in [0.1, 0.15) is 12.5 Å². The molecule has 2 aromatic rings. The molecule has 9 heteroatoms. The number of ether oxygens (including phenoxy) is 1. The molecule has 1 aliphatic heterocycles. The van der Waals surface area contributed by atoms with Crippen LogP contribution in [0.4, 0.5) is 16.2 Å². The summed E-state index contributed by atoms with van der Waals surface area (Å²) in [5.74, 6) is 0.128. The maximum atomic E-state index is 13.2. The van der Waals surface area contributed by atoms with Gasteiger partial charge in [-0.05, 0) is 30.7 Å². The SMILES string of the molecule is C=Cc1cccc(S(=O)(=O)N2CC(C)Oc3ncc(NC(=O)O)cc32)c1. The molecule has 1 atom stereocenters. The van der Waals surface area contributed by atoms with Crippen molar-refractivity contribution in [3.05, 3.63) is 48.7 Å². The fourth-order valence-electron chi connectivity index (χ4n) is 2.62. The topological polar surface area (TPSA) is 109 Å². The fourth-order valence-corrected chi connectivity index (χ4v) is 4.20. The van der Waals surface area contributed by atoms with Gasteiger partial charge in [-0.15, -0.1) is 0 Å². The van der Waals surface area contributed by atoms with Gasteiger partial charge in [-0.3, -0.25) is 9.62 Å². The Morgan fingerprint density at radius 2 is 2.23 bits per heavy atom. The average molecular weight is 375 g/mol. The lowest BCUT2D eigenvalue weighted by atomic mass is 10.2. The molecule has 3 rings (SSSR count). The van der Waals surface area contributed by atoms with E-state index in [1.165, 1.54) is 28.7 Å². The monoisotopic (exact) mass is 375 g/mol. The van der Waals surface area contributed by atoms with Crippen LogP contribution in [0.2, 0.25) is 0 Å². The maximum Gasteiger partial charge on any atom is 0.409 e. The van der Waals surface area contributed by atoms with Gasteiger partial charge in [-0.25, -0.2) is 18.2 Å². The average Bonchev–Trinajstić information content (AvgIpc) is 2.60. The van der Waals surface area contributed by atoms with Crippen molar-refractivity contribution in [3.8, 4) is 5.88 Å². The number of fused-ring (bicyclic) bond motifs is 1. The number of benzene rings is 1. The number of anilines is 2. The van der Waals surface area contributed by atoms with Crippen LogP contribution in [-0.4, -0.2) is 37.3 Å². The van der Waals surface area contributed by atoms with E-state index in [2.05, 4.69) is 16.9 Å². The van der Waals surface area contributed by atoms with Crippen LogP contribution >= 0.6 is 0 Å². The summed E-state index contributed by atoms with van der Waals surface area (Å²) in [6.07, 6.45) is 1.15. The van der Waals surface area contributed by atoms with E-state index in [9.17, 15) is 13.2 Å². The number of carbonyl (C=O) groups is 1. The largest absolute Gasteiger partial charge is 0.471 e. The summed E-state index contributed by atoms with van der Waals surface area (Å²) in [7, 11) is -3.90. The second-order valence-electron chi connectivity index (χ2n) is 5.72. The minimum Gasteiger partial charge on any atom is -0.471 e. The Kier molecular flexibility index (Phi) is 4.56. The lowest BCUT2D eigenvalue weighted by molar-refractivity contribution is 0.208. The minimum absolute atomic E-state index is 0.0753. The predicted molar refractivity (Wildman–Crippen MR) is 97.0 cm³/mol. The van der Waals surface area contributed by atoms with Crippen molar-refractivity contribution < 1.29 is 23.1 Å². The number of amides is 1. The van der Waals surface area contributed by atoms with E-state index in [-0.39, 0.29) is 28.7 Å². The third-order valence-corrected chi connectivity index (χ3v) is 5.55. The molecule has 0 spiro atoms. The van der Waals surface area contributed by atoms with Gasteiger partial charge in [-0.2, -0.15) is 0 Å². The summed E-state index contributed by atoms with van der Waals surface area (Å²) in [4.78, 5) is 15.0. The first-order chi connectivity index (χ1) is 12.3. The Morgan fingerprint density at radius 1 is 1.46 bits per heavy atom. The molecule has 1 unspecified atom stereocenters. The molecule has 0 aliphatic carbocycles. The van der Waals surface area contributed by atoms with Crippen molar-refractivity contribution >= 4 is 33.6 Å². The molecule has 1 aliphatic rings. The Hall–Kier alpha value is -3.07. The van der Waals surface area contributed by atoms with E-state index in [1.807, 2.05) is 0 Å². The van der Waals surface area contributed by atoms with E-state index in [1.54, 1.807) is 25.1 Å². The van der Waals surface area contributed by atoms with Crippen LogP contribution in [0.15, 0.2) is 48.0 Å². The van der Waals surface area contributed by atoms with Crippen molar-refractivity contribution in [1.82, 2.24) is 4.98 Å². The van der Waals surface area contributed by atoms with Crippen molar-refractivity contribution in [2.75, 3.05) is 16.2 Å². The molecule has 136 valence electrons. The molecule has 2 heterocycles. The van der Waals surface area contributed by atoms with Crippen LogP contribution in [0.3, 0.4) is 0 Å². The zero-order chi connectivity index (χ0) is 18.9. The first-order valence-electron chi connectivity index (χ1n) is 7.73. The number of aromatic nitrogens is 1. The second kappa shape index (κ2) is 6.68. The predicted octanol–water partition coefficient (Wildman–Crippen LogP) is 2.79. The first-order valence-corrected chi connectivity index (χ1v) is 9.17. The third-order valence-electron chi connectivity index (χ3n) is 3.77. The molecule has 2 N–H and O–H groups in total. The Bertz CT molecular complexity index is 974. The van der Waals surface area contributed by atoms with E-state index in [0.29, 0.717) is 5.56 Å². The van der Waals surface area contributed by atoms with Gasteiger partial charge in [0.2, 0.25) is 5.88 Å². The Labute approximate surface area is 150 Å². The third kappa shape index (κ3) is 3.33. The highest BCUT2D eigenvalue weighted by Crippen LogP contribution is 2.37. The van der Waals surface area contributed by atoms with E-state index >= 15 is 0 Å². The number of hydrogen-bond donors (Lipinski definition) is 2. The van der Waals surface area contributed by atoms with Crippen LogP contribution in [-0.2, 0) is 10.0 Å². The molecule has 1 aromatic carbocycles. The van der Waals surface area contributed by atoms with Gasteiger partial charge in [-0.1, -0.05) is 24.8 Å². The number of carboxylic acid groups (broad SMARTS) is 1. The summed E-state index contributed by atoms with van der Waals surface area (Å²) in [6, 6.07) is 7.79. The molecule has 0 saturated heterocycles. The molecule has 0 radical (unpaired) electrons. The smallest absolute Gasteiger partial charge is 0.409 e. The van der Waals surface area contributed by atoms with Gasteiger partial charge in [0.25, 0.3) is 10.0 Å². The maximum absolute atomic E-state index is 13.2. The van der Waals surface area contributed by atoms with E-state index < -0.39 is 22.2 Å². The van der Waals surface area contributed by atoms with Crippen molar-refractivity contribution in [3.63, 3.8) is 0 Å². The molecule has 26 heavy (non-hydrogen) atoms. The molecule has 1 aromatic heterocycles. The Morgan fingerprint density at radius 3 is 2.92 bits per heavy atom. The lowest BCUT2D eigenvalue weighted by Crippen LogP contribution is -2.42. The van der Waals surface area contributed by atoms with Gasteiger partial charge < -0.3 is 9.84 Å². The molecule has 8 nitrogen and oxygen atoms in total. The number of hydrogen-bond acceptors (Lipinski definition) is 5. The summed E-state index contributed by atoms with van der Waals surface area (Å²) in [5.41, 5.74) is 1.000. The van der Waals surface area contributed by atoms with E-state index in [0.717, 1.165) is 0 Å².